The fourth-order valence-corrected chi connectivity index (χ4v) is 4.42. The van der Waals surface area contributed by atoms with Crippen LogP contribution in [0.2, 0.25) is 0 Å². The smallest absolute Gasteiger partial charge is 0.174 e. The zero-order chi connectivity index (χ0) is 9.97. The summed E-state index contributed by atoms with van der Waals surface area (Å²) in [6.07, 6.45) is 7.36. The van der Waals surface area contributed by atoms with Crippen LogP contribution in [0.3, 0.4) is 0 Å². The summed E-state index contributed by atoms with van der Waals surface area (Å²) in [5, 5.41) is 0. The fourth-order valence-electron chi connectivity index (χ4n) is 2.48. The second-order valence-corrected chi connectivity index (χ2v) is 5.72. The van der Waals surface area contributed by atoms with Gasteiger partial charge in [-0.2, -0.15) is 0 Å². The maximum Gasteiger partial charge on any atom is 0.174 e. The molecule has 3 heteroatoms. The van der Waals surface area contributed by atoms with Crippen LogP contribution in [0.25, 0.3) is 0 Å². The lowest BCUT2D eigenvalue weighted by molar-refractivity contribution is 0.258. The largest absolute Gasteiger partial charge is 0.334 e. The molecule has 2 aliphatic carbocycles. The maximum absolute atomic E-state index is 5.73. The van der Waals surface area contributed by atoms with Crippen molar-refractivity contribution in [1.82, 2.24) is 0 Å². The molecule has 2 bridgehead atoms. The highest BCUT2D eigenvalue weighted by atomic mass is 31.2. The molecule has 1 fully saturated rings. The maximum atomic E-state index is 5.73. The molecule has 0 amide bonds. The van der Waals surface area contributed by atoms with Crippen molar-refractivity contribution in [2.24, 2.45) is 11.8 Å². The van der Waals surface area contributed by atoms with Gasteiger partial charge in [-0.15, -0.1) is 0 Å². The van der Waals surface area contributed by atoms with E-state index >= 15 is 0 Å². The fraction of sp³-hybridized carbons (Fsp3) is 0.818. The van der Waals surface area contributed by atoms with Crippen molar-refractivity contribution in [1.29, 1.82) is 0 Å². The minimum absolute atomic E-state index is 0.628. The Labute approximate surface area is 87.6 Å². The Kier molecular flexibility index (Phi) is 3.59. The summed E-state index contributed by atoms with van der Waals surface area (Å²) in [5.74, 6) is 1.56. The van der Waals surface area contributed by atoms with Crippen molar-refractivity contribution < 1.29 is 9.05 Å². The molecule has 3 unspecified atom stereocenters. The second kappa shape index (κ2) is 4.74. The van der Waals surface area contributed by atoms with E-state index in [9.17, 15) is 0 Å². The van der Waals surface area contributed by atoms with Crippen LogP contribution < -0.4 is 0 Å². The highest BCUT2D eigenvalue weighted by Crippen LogP contribution is 2.57. The number of hydrogen-bond acceptors (Lipinski definition) is 2. The molecule has 1 saturated carbocycles. The first-order chi connectivity index (χ1) is 6.85. The van der Waals surface area contributed by atoms with Crippen LogP contribution in [-0.4, -0.2) is 18.9 Å². The van der Waals surface area contributed by atoms with E-state index in [2.05, 4.69) is 26.0 Å². The van der Waals surface area contributed by atoms with Crippen LogP contribution in [0.5, 0.6) is 0 Å². The summed E-state index contributed by atoms with van der Waals surface area (Å²) < 4.78 is 11.5. The van der Waals surface area contributed by atoms with Gasteiger partial charge in [0.05, 0.1) is 13.2 Å². The van der Waals surface area contributed by atoms with Gasteiger partial charge in [-0.3, -0.25) is 0 Å². The van der Waals surface area contributed by atoms with Crippen LogP contribution in [0.4, 0.5) is 0 Å². The lowest BCUT2D eigenvalue weighted by Crippen LogP contribution is -2.14. The molecule has 0 saturated heterocycles. The molecule has 2 rings (SSSR count). The highest BCUT2D eigenvalue weighted by Gasteiger charge is 2.41. The Morgan fingerprint density at radius 3 is 2.29 bits per heavy atom. The zero-order valence-corrected chi connectivity index (χ0v) is 9.87. The Morgan fingerprint density at radius 1 is 1.14 bits per heavy atom. The van der Waals surface area contributed by atoms with Crippen LogP contribution in [-0.2, 0) is 9.05 Å². The Morgan fingerprint density at radius 2 is 1.86 bits per heavy atom. The van der Waals surface area contributed by atoms with E-state index in [1.807, 2.05) is 0 Å². The number of allylic oxidation sites excluding steroid dienone is 2. The van der Waals surface area contributed by atoms with E-state index in [0.29, 0.717) is 5.66 Å². The van der Waals surface area contributed by atoms with Crippen LogP contribution >= 0.6 is 8.38 Å². The van der Waals surface area contributed by atoms with Gasteiger partial charge in [0.2, 0.25) is 0 Å². The Hall–Kier alpha value is 0.0900. The molecule has 0 aliphatic heterocycles. The van der Waals surface area contributed by atoms with Gasteiger partial charge >= 0.3 is 0 Å². The molecule has 0 heterocycles. The number of hydrogen-bond donors (Lipinski definition) is 0. The molecule has 0 aromatic rings. The summed E-state index contributed by atoms with van der Waals surface area (Å²) in [6, 6.07) is 0. The number of rotatable bonds is 5. The topological polar surface area (TPSA) is 18.5 Å². The third kappa shape index (κ3) is 2.03. The molecule has 2 nitrogen and oxygen atoms in total. The van der Waals surface area contributed by atoms with E-state index in [0.717, 1.165) is 25.0 Å². The van der Waals surface area contributed by atoms with Gasteiger partial charge in [0.1, 0.15) is 0 Å². The van der Waals surface area contributed by atoms with Gasteiger partial charge in [-0.25, -0.2) is 0 Å². The van der Waals surface area contributed by atoms with Gasteiger partial charge in [-0.1, -0.05) is 12.2 Å². The predicted octanol–water partition coefficient (Wildman–Crippen LogP) is 3.34. The average molecular weight is 214 g/mol. The molecular formula is C11H19O2P. The monoisotopic (exact) mass is 214 g/mol. The van der Waals surface area contributed by atoms with Crippen LogP contribution in [0, 0.1) is 11.8 Å². The average Bonchev–Trinajstić information content (AvgIpc) is 2.78. The summed E-state index contributed by atoms with van der Waals surface area (Å²) in [6.45, 7) is 5.67. The highest BCUT2D eigenvalue weighted by molar-refractivity contribution is 7.48. The van der Waals surface area contributed by atoms with Crippen molar-refractivity contribution in [3.63, 3.8) is 0 Å². The molecule has 3 atom stereocenters. The molecule has 0 N–H and O–H groups in total. The minimum atomic E-state index is -0.628. The van der Waals surface area contributed by atoms with Crippen LogP contribution in [0.1, 0.15) is 26.7 Å². The SMILES string of the molecule is CCOP(OCC)C1CC2C=CC1C2. The van der Waals surface area contributed by atoms with Crippen molar-refractivity contribution in [3.8, 4) is 0 Å². The normalized spacial score (nSPS) is 34.6. The van der Waals surface area contributed by atoms with E-state index < -0.39 is 8.38 Å². The molecule has 0 aromatic carbocycles. The molecule has 0 aromatic heterocycles. The first-order valence-corrected chi connectivity index (χ1v) is 6.83. The Bertz CT molecular complexity index is 211. The summed E-state index contributed by atoms with van der Waals surface area (Å²) in [7, 11) is -0.628. The van der Waals surface area contributed by atoms with Gasteiger partial charge in [0, 0.05) is 5.66 Å². The van der Waals surface area contributed by atoms with Crippen molar-refractivity contribution in [2.45, 2.75) is 32.3 Å². The van der Waals surface area contributed by atoms with Gasteiger partial charge in [0.15, 0.2) is 8.38 Å². The van der Waals surface area contributed by atoms with Gasteiger partial charge in [-0.05, 0) is 38.5 Å². The molecule has 80 valence electrons. The number of fused-ring (bicyclic) bond motifs is 2. The van der Waals surface area contributed by atoms with E-state index in [4.69, 9.17) is 9.05 Å². The summed E-state index contributed by atoms with van der Waals surface area (Å²) >= 11 is 0. The molecular weight excluding hydrogens is 195 g/mol. The van der Waals surface area contributed by atoms with Gasteiger partial charge in [0.25, 0.3) is 0 Å². The molecule has 2 aliphatic rings. The van der Waals surface area contributed by atoms with Crippen LogP contribution in [0.15, 0.2) is 12.2 Å². The molecule has 0 spiro atoms. The minimum Gasteiger partial charge on any atom is -0.334 e. The summed E-state index contributed by atoms with van der Waals surface area (Å²) in [5.41, 5.74) is 0.667. The molecule has 0 radical (unpaired) electrons. The van der Waals surface area contributed by atoms with E-state index in [1.54, 1.807) is 0 Å². The first kappa shape index (κ1) is 10.6. The van der Waals surface area contributed by atoms with E-state index in [1.165, 1.54) is 12.8 Å². The zero-order valence-electron chi connectivity index (χ0n) is 8.98. The van der Waals surface area contributed by atoms with Crippen molar-refractivity contribution in [3.05, 3.63) is 12.2 Å². The van der Waals surface area contributed by atoms with Crippen molar-refractivity contribution in [2.75, 3.05) is 13.2 Å². The summed E-state index contributed by atoms with van der Waals surface area (Å²) in [4.78, 5) is 0. The third-order valence-corrected chi connectivity index (χ3v) is 5.19. The lowest BCUT2D eigenvalue weighted by Gasteiger charge is -2.26. The standard InChI is InChI=1S/C11H19O2P/c1-3-12-14(13-4-2)11-8-9-5-6-10(11)7-9/h5-6,9-11H,3-4,7-8H2,1-2H3. The lowest BCUT2D eigenvalue weighted by atomic mass is 10.1. The Balaban J connectivity index is 1.94. The first-order valence-electron chi connectivity index (χ1n) is 5.58. The quantitative estimate of drug-likeness (QED) is 0.516. The second-order valence-electron chi connectivity index (χ2n) is 3.97. The third-order valence-electron chi connectivity index (χ3n) is 3.03. The molecule has 14 heavy (non-hydrogen) atoms. The van der Waals surface area contributed by atoms with E-state index in [-0.39, 0.29) is 0 Å². The van der Waals surface area contributed by atoms with Gasteiger partial charge < -0.3 is 9.05 Å². The van der Waals surface area contributed by atoms with Crippen molar-refractivity contribution >= 4 is 8.38 Å². The predicted molar refractivity (Wildman–Crippen MR) is 59.3 cm³/mol.